The molecule has 0 amide bonds. The maximum absolute atomic E-state index is 5.16. The molecule has 4 heteroatoms. The Morgan fingerprint density at radius 1 is 1.40 bits per heavy atom. The van der Waals surface area contributed by atoms with E-state index in [-0.39, 0.29) is 6.04 Å². The second-order valence-electron chi connectivity index (χ2n) is 5.48. The van der Waals surface area contributed by atoms with Gasteiger partial charge < -0.3 is 14.6 Å². The Balaban J connectivity index is 1.69. The van der Waals surface area contributed by atoms with Gasteiger partial charge in [-0.2, -0.15) is 0 Å². The highest BCUT2D eigenvalue weighted by Gasteiger charge is 2.40. The van der Waals surface area contributed by atoms with Gasteiger partial charge in [0.1, 0.15) is 0 Å². The van der Waals surface area contributed by atoms with Gasteiger partial charge in [0.05, 0.1) is 6.61 Å². The van der Waals surface area contributed by atoms with Crippen molar-refractivity contribution in [2.75, 3.05) is 19.0 Å². The SMILES string of the molecule is COCC(C)Nc1nccn1C1CC1c1ccccc1. The molecule has 0 radical (unpaired) electrons. The van der Waals surface area contributed by atoms with Gasteiger partial charge in [0.2, 0.25) is 5.95 Å². The van der Waals surface area contributed by atoms with Crippen LogP contribution < -0.4 is 5.32 Å². The highest BCUT2D eigenvalue weighted by atomic mass is 16.5. The number of nitrogens with one attached hydrogen (secondary N) is 1. The second kappa shape index (κ2) is 5.67. The highest BCUT2D eigenvalue weighted by Crippen LogP contribution is 2.52. The summed E-state index contributed by atoms with van der Waals surface area (Å²) in [5.41, 5.74) is 1.42. The molecule has 20 heavy (non-hydrogen) atoms. The molecule has 1 heterocycles. The van der Waals surface area contributed by atoms with Crippen LogP contribution in [0.4, 0.5) is 5.95 Å². The van der Waals surface area contributed by atoms with E-state index in [4.69, 9.17) is 4.74 Å². The van der Waals surface area contributed by atoms with E-state index in [1.165, 1.54) is 12.0 Å². The van der Waals surface area contributed by atoms with Gasteiger partial charge in [0.15, 0.2) is 0 Å². The maximum atomic E-state index is 5.16. The number of nitrogens with zero attached hydrogens (tertiary/aromatic N) is 2. The van der Waals surface area contributed by atoms with Crippen LogP contribution in [-0.4, -0.2) is 29.3 Å². The molecule has 0 saturated heterocycles. The average molecular weight is 271 g/mol. The third-order valence-corrected chi connectivity index (χ3v) is 3.80. The number of benzene rings is 1. The molecule has 1 fully saturated rings. The first kappa shape index (κ1) is 13.2. The molecule has 0 aliphatic heterocycles. The van der Waals surface area contributed by atoms with Gasteiger partial charge in [0.25, 0.3) is 0 Å². The molecule has 1 aromatic carbocycles. The minimum Gasteiger partial charge on any atom is -0.383 e. The largest absolute Gasteiger partial charge is 0.383 e. The molecule has 106 valence electrons. The Hall–Kier alpha value is -1.81. The lowest BCUT2D eigenvalue weighted by Crippen LogP contribution is -2.23. The molecular weight excluding hydrogens is 250 g/mol. The Morgan fingerprint density at radius 2 is 2.20 bits per heavy atom. The molecule has 1 aromatic heterocycles. The zero-order chi connectivity index (χ0) is 13.9. The molecular formula is C16H21N3O. The monoisotopic (exact) mass is 271 g/mol. The maximum Gasteiger partial charge on any atom is 0.203 e. The molecule has 1 N–H and O–H groups in total. The van der Waals surface area contributed by atoms with Gasteiger partial charge in [-0.05, 0) is 18.9 Å². The van der Waals surface area contributed by atoms with E-state index in [0.717, 1.165) is 5.95 Å². The van der Waals surface area contributed by atoms with E-state index in [2.05, 4.69) is 58.3 Å². The molecule has 0 spiro atoms. The molecule has 1 aliphatic carbocycles. The molecule has 1 saturated carbocycles. The fraction of sp³-hybridized carbons (Fsp3) is 0.438. The van der Waals surface area contributed by atoms with Crippen LogP contribution in [-0.2, 0) is 4.74 Å². The zero-order valence-corrected chi connectivity index (χ0v) is 12.0. The summed E-state index contributed by atoms with van der Waals surface area (Å²) in [6, 6.07) is 11.5. The molecule has 1 aliphatic rings. The van der Waals surface area contributed by atoms with Crippen LogP contribution in [0.25, 0.3) is 0 Å². The molecule has 3 rings (SSSR count). The second-order valence-corrected chi connectivity index (χ2v) is 5.48. The minimum absolute atomic E-state index is 0.259. The van der Waals surface area contributed by atoms with E-state index in [9.17, 15) is 0 Å². The van der Waals surface area contributed by atoms with Gasteiger partial charge in [-0.3, -0.25) is 0 Å². The molecule has 4 nitrogen and oxygen atoms in total. The topological polar surface area (TPSA) is 39.1 Å². The summed E-state index contributed by atoms with van der Waals surface area (Å²) in [4.78, 5) is 4.42. The normalized spacial score (nSPS) is 22.5. The Bertz CT molecular complexity index is 552. The van der Waals surface area contributed by atoms with Crippen molar-refractivity contribution in [1.29, 1.82) is 0 Å². The first-order valence-corrected chi connectivity index (χ1v) is 7.13. The van der Waals surface area contributed by atoms with E-state index >= 15 is 0 Å². The van der Waals surface area contributed by atoms with E-state index in [1.807, 2.05) is 6.20 Å². The fourth-order valence-corrected chi connectivity index (χ4v) is 2.75. The summed E-state index contributed by atoms with van der Waals surface area (Å²) in [7, 11) is 1.72. The third-order valence-electron chi connectivity index (χ3n) is 3.80. The van der Waals surface area contributed by atoms with Gasteiger partial charge in [-0.15, -0.1) is 0 Å². The lowest BCUT2D eigenvalue weighted by molar-refractivity contribution is 0.190. The smallest absolute Gasteiger partial charge is 0.203 e. The van der Waals surface area contributed by atoms with Gasteiger partial charge in [-0.25, -0.2) is 4.98 Å². The van der Waals surface area contributed by atoms with E-state index < -0.39 is 0 Å². The minimum atomic E-state index is 0.259. The number of imidazole rings is 1. The quantitative estimate of drug-likeness (QED) is 0.877. The third kappa shape index (κ3) is 2.70. The van der Waals surface area contributed by atoms with Crippen molar-refractivity contribution >= 4 is 5.95 Å². The average Bonchev–Trinajstić information content (AvgIpc) is 3.13. The first-order chi connectivity index (χ1) is 9.79. The predicted molar refractivity (Wildman–Crippen MR) is 80.0 cm³/mol. The van der Waals surface area contributed by atoms with Crippen LogP contribution in [0.3, 0.4) is 0 Å². The van der Waals surface area contributed by atoms with Crippen molar-refractivity contribution in [3.05, 3.63) is 48.3 Å². The number of hydrogen-bond donors (Lipinski definition) is 1. The van der Waals surface area contributed by atoms with E-state index in [1.54, 1.807) is 7.11 Å². The van der Waals surface area contributed by atoms with Crippen molar-refractivity contribution in [2.24, 2.45) is 0 Å². The van der Waals surface area contributed by atoms with Crippen LogP contribution in [0.5, 0.6) is 0 Å². The molecule has 3 atom stereocenters. The zero-order valence-electron chi connectivity index (χ0n) is 12.0. The van der Waals surface area contributed by atoms with Crippen LogP contribution in [0.1, 0.15) is 30.9 Å². The van der Waals surface area contributed by atoms with Crippen molar-refractivity contribution in [3.63, 3.8) is 0 Å². The summed E-state index contributed by atoms with van der Waals surface area (Å²) in [6.45, 7) is 2.78. The van der Waals surface area contributed by atoms with Gasteiger partial charge in [-0.1, -0.05) is 30.3 Å². The summed E-state index contributed by atoms with van der Waals surface area (Å²) in [5, 5.41) is 3.41. The summed E-state index contributed by atoms with van der Waals surface area (Å²) in [5.74, 6) is 1.56. The van der Waals surface area contributed by atoms with Crippen LogP contribution in [0.15, 0.2) is 42.7 Å². The van der Waals surface area contributed by atoms with Crippen molar-refractivity contribution < 1.29 is 4.74 Å². The fourth-order valence-electron chi connectivity index (χ4n) is 2.75. The summed E-state index contributed by atoms with van der Waals surface area (Å²) < 4.78 is 7.41. The Labute approximate surface area is 119 Å². The highest BCUT2D eigenvalue weighted by molar-refractivity contribution is 5.34. The lowest BCUT2D eigenvalue weighted by Gasteiger charge is -2.15. The number of hydrogen-bond acceptors (Lipinski definition) is 3. The number of anilines is 1. The number of rotatable bonds is 6. The summed E-state index contributed by atoms with van der Waals surface area (Å²) >= 11 is 0. The van der Waals surface area contributed by atoms with E-state index in [0.29, 0.717) is 18.6 Å². The standard InChI is InChI=1S/C16H21N3O/c1-12(11-20-2)18-16-17-8-9-19(16)15-10-14(15)13-6-4-3-5-7-13/h3-9,12,14-15H,10-11H2,1-2H3,(H,17,18). The Morgan fingerprint density at radius 3 is 2.95 bits per heavy atom. The predicted octanol–water partition coefficient (Wildman–Crippen LogP) is 3.06. The molecule has 0 bridgehead atoms. The Kier molecular flexibility index (Phi) is 3.74. The van der Waals surface area contributed by atoms with Crippen LogP contribution in [0.2, 0.25) is 0 Å². The number of aromatic nitrogens is 2. The van der Waals surface area contributed by atoms with Gasteiger partial charge in [0, 0.05) is 37.5 Å². The lowest BCUT2D eigenvalue weighted by atomic mass is 10.1. The van der Waals surface area contributed by atoms with Crippen molar-refractivity contribution in [3.8, 4) is 0 Å². The molecule has 3 unspecified atom stereocenters. The number of methoxy groups -OCH3 is 1. The van der Waals surface area contributed by atoms with Crippen LogP contribution >= 0.6 is 0 Å². The summed E-state index contributed by atoms with van der Waals surface area (Å²) in [6.07, 6.45) is 5.12. The number of ether oxygens (including phenoxy) is 1. The molecule has 2 aromatic rings. The van der Waals surface area contributed by atoms with Crippen LogP contribution in [0, 0.1) is 0 Å². The first-order valence-electron chi connectivity index (χ1n) is 7.13. The van der Waals surface area contributed by atoms with Crippen molar-refractivity contribution in [2.45, 2.75) is 31.3 Å². The van der Waals surface area contributed by atoms with Crippen molar-refractivity contribution in [1.82, 2.24) is 9.55 Å². The van der Waals surface area contributed by atoms with Gasteiger partial charge >= 0.3 is 0 Å².